The van der Waals surface area contributed by atoms with Gasteiger partial charge in [0, 0.05) is 12.1 Å². The lowest BCUT2D eigenvalue weighted by Crippen LogP contribution is -2.26. The number of nitro groups is 2. The molecule has 1 aliphatic rings. The molecule has 4 rings (SSSR count). The van der Waals surface area contributed by atoms with Gasteiger partial charge in [0.05, 0.1) is 9.85 Å². The van der Waals surface area contributed by atoms with Crippen molar-refractivity contribution < 1.29 is 28.9 Å². The second-order valence-electron chi connectivity index (χ2n) is 7.13. The molecule has 1 aliphatic heterocycles. The van der Waals surface area contributed by atoms with Gasteiger partial charge in [0.25, 0.3) is 23.2 Å². The summed E-state index contributed by atoms with van der Waals surface area (Å²) in [6, 6.07) is 15.6. The number of ether oxygens (including phenoxy) is 2. The fourth-order valence-electron chi connectivity index (χ4n) is 3.26. The van der Waals surface area contributed by atoms with Gasteiger partial charge < -0.3 is 20.1 Å². The van der Waals surface area contributed by atoms with E-state index in [-0.39, 0.29) is 29.5 Å². The highest BCUT2D eigenvalue weighted by Crippen LogP contribution is 2.33. The summed E-state index contributed by atoms with van der Waals surface area (Å²) in [4.78, 5) is 47.5. The predicted molar refractivity (Wildman–Crippen MR) is 124 cm³/mol. The van der Waals surface area contributed by atoms with Crippen molar-refractivity contribution in [3.63, 3.8) is 0 Å². The van der Waals surface area contributed by atoms with Gasteiger partial charge in [0.15, 0.2) is 11.5 Å². The topological polar surface area (TPSA) is 163 Å². The van der Waals surface area contributed by atoms with Crippen LogP contribution in [0.2, 0.25) is 0 Å². The number of amides is 2. The standard InChI is InChI=1S/C23H16N4O8/c28-22(24-16-5-1-3-7-18(16)26(30)31)15(11-14-9-10-20-21(12-14)35-13-34-20)23(29)25-17-6-2-4-8-19(17)27(32)33/h1-12H,13H2,(H,24,28)(H,25,29). The number of carbonyl (C=O) groups is 2. The van der Waals surface area contributed by atoms with Crippen LogP contribution in [-0.4, -0.2) is 28.5 Å². The molecule has 0 aromatic heterocycles. The van der Waals surface area contributed by atoms with E-state index < -0.39 is 27.2 Å². The molecule has 0 unspecified atom stereocenters. The lowest BCUT2D eigenvalue weighted by molar-refractivity contribution is -0.384. The van der Waals surface area contributed by atoms with Crippen molar-refractivity contribution >= 4 is 40.6 Å². The zero-order valence-corrected chi connectivity index (χ0v) is 17.8. The van der Waals surface area contributed by atoms with Crippen LogP contribution in [0.15, 0.2) is 72.3 Å². The molecule has 3 aromatic rings. The molecular formula is C23H16N4O8. The average Bonchev–Trinajstić information content (AvgIpc) is 3.30. The summed E-state index contributed by atoms with van der Waals surface area (Å²) in [6.45, 7) is 0.0195. The number of anilines is 2. The molecule has 0 saturated carbocycles. The number of nitro benzene ring substituents is 2. The van der Waals surface area contributed by atoms with E-state index in [1.54, 1.807) is 18.2 Å². The molecule has 0 bridgehead atoms. The number of nitrogens with one attached hydrogen (secondary N) is 2. The summed E-state index contributed by atoms with van der Waals surface area (Å²) in [7, 11) is 0. The first-order chi connectivity index (χ1) is 16.8. The predicted octanol–water partition coefficient (Wildman–Crippen LogP) is 3.89. The summed E-state index contributed by atoms with van der Waals surface area (Å²) in [5, 5.41) is 27.4. The van der Waals surface area contributed by atoms with Crippen LogP contribution in [0.5, 0.6) is 11.5 Å². The van der Waals surface area contributed by atoms with E-state index in [9.17, 15) is 29.8 Å². The maximum atomic E-state index is 13.1. The highest BCUT2D eigenvalue weighted by molar-refractivity contribution is 6.29. The normalized spacial score (nSPS) is 11.3. The molecule has 0 saturated heterocycles. The molecule has 0 radical (unpaired) electrons. The Kier molecular flexibility index (Phi) is 6.35. The van der Waals surface area contributed by atoms with Crippen LogP contribution in [0.3, 0.4) is 0 Å². The molecule has 2 amide bonds. The number of carbonyl (C=O) groups excluding carboxylic acids is 2. The molecule has 2 N–H and O–H groups in total. The molecule has 0 fully saturated rings. The van der Waals surface area contributed by atoms with Gasteiger partial charge in [-0.25, -0.2) is 0 Å². The fraction of sp³-hybridized carbons (Fsp3) is 0.0435. The van der Waals surface area contributed by atoms with Gasteiger partial charge in [0.1, 0.15) is 16.9 Å². The summed E-state index contributed by atoms with van der Waals surface area (Å²) in [6.07, 6.45) is 1.23. The first-order valence-electron chi connectivity index (χ1n) is 10.0. The van der Waals surface area contributed by atoms with E-state index in [1.165, 1.54) is 54.6 Å². The van der Waals surface area contributed by atoms with E-state index in [4.69, 9.17) is 9.47 Å². The molecule has 0 atom stereocenters. The molecule has 3 aromatic carbocycles. The van der Waals surface area contributed by atoms with Crippen LogP contribution in [-0.2, 0) is 9.59 Å². The smallest absolute Gasteiger partial charge is 0.292 e. The maximum absolute atomic E-state index is 13.1. The van der Waals surface area contributed by atoms with Crippen molar-refractivity contribution in [2.75, 3.05) is 17.4 Å². The number of fused-ring (bicyclic) bond motifs is 1. The van der Waals surface area contributed by atoms with Gasteiger partial charge in [-0.3, -0.25) is 29.8 Å². The lowest BCUT2D eigenvalue weighted by atomic mass is 10.1. The van der Waals surface area contributed by atoms with Gasteiger partial charge in [0.2, 0.25) is 6.79 Å². The Morgan fingerprint density at radius 1 is 0.771 bits per heavy atom. The summed E-state index contributed by atoms with van der Waals surface area (Å²) in [5.74, 6) is -1.05. The van der Waals surface area contributed by atoms with E-state index in [0.717, 1.165) is 0 Å². The second-order valence-corrected chi connectivity index (χ2v) is 7.13. The Hall–Kier alpha value is -5.26. The lowest BCUT2D eigenvalue weighted by Gasteiger charge is -2.11. The number of hydrogen-bond acceptors (Lipinski definition) is 8. The van der Waals surface area contributed by atoms with Crippen molar-refractivity contribution in [2.45, 2.75) is 0 Å². The van der Waals surface area contributed by atoms with Crippen molar-refractivity contribution in [3.8, 4) is 11.5 Å². The molecule has 1 heterocycles. The van der Waals surface area contributed by atoms with Crippen LogP contribution in [0.4, 0.5) is 22.7 Å². The van der Waals surface area contributed by atoms with Gasteiger partial charge in [-0.1, -0.05) is 30.3 Å². The Morgan fingerprint density at radius 2 is 1.29 bits per heavy atom. The minimum atomic E-state index is -0.965. The van der Waals surface area contributed by atoms with E-state index in [1.807, 2.05) is 0 Å². The fourth-order valence-corrected chi connectivity index (χ4v) is 3.26. The molecule has 12 heteroatoms. The largest absolute Gasteiger partial charge is 0.454 e. The van der Waals surface area contributed by atoms with Crippen LogP contribution in [0, 0.1) is 20.2 Å². The summed E-state index contributed by atoms with van der Waals surface area (Å²) >= 11 is 0. The number of rotatable bonds is 7. The van der Waals surface area contributed by atoms with Crippen LogP contribution in [0.1, 0.15) is 5.56 Å². The molecular weight excluding hydrogens is 460 g/mol. The monoisotopic (exact) mass is 476 g/mol. The molecule has 35 heavy (non-hydrogen) atoms. The Balaban J connectivity index is 1.71. The minimum absolute atomic E-state index is 0.0195. The molecule has 0 aliphatic carbocycles. The van der Waals surface area contributed by atoms with Crippen LogP contribution in [0.25, 0.3) is 6.08 Å². The van der Waals surface area contributed by atoms with E-state index in [2.05, 4.69) is 10.6 Å². The van der Waals surface area contributed by atoms with Crippen molar-refractivity contribution in [1.82, 2.24) is 0 Å². The quantitative estimate of drug-likeness (QED) is 0.170. The first-order valence-corrected chi connectivity index (χ1v) is 10.0. The van der Waals surface area contributed by atoms with Crippen molar-refractivity contribution in [3.05, 3.63) is 98.1 Å². The van der Waals surface area contributed by atoms with Crippen molar-refractivity contribution in [2.24, 2.45) is 0 Å². The number of nitrogens with zero attached hydrogens (tertiary/aromatic N) is 2. The van der Waals surface area contributed by atoms with Crippen LogP contribution < -0.4 is 20.1 Å². The van der Waals surface area contributed by atoms with Crippen LogP contribution >= 0.6 is 0 Å². The third-order valence-electron chi connectivity index (χ3n) is 4.89. The SMILES string of the molecule is O=C(Nc1ccccc1[N+](=O)[O-])C(=Cc1ccc2c(c1)OCO2)C(=O)Nc1ccccc1[N+](=O)[O-]. The second kappa shape index (κ2) is 9.70. The number of benzene rings is 3. The minimum Gasteiger partial charge on any atom is -0.454 e. The average molecular weight is 476 g/mol. The summed E-state index contributed by atoms with van der Waals surface area (Å²) < 4.78 is 10.6. The third kappa shape index (κ3) is 5.06. The van der Waals surface area contributed by atoms with E-state index >= 15 is 0 Å². The first kappa shape index (κ1) is 22.9. The third-order valence-corrected chi connectivity index (χ3v) is 4.89. The zero-order chi connectivity index (χ0) is 24.9. The number of hydrogen-bond donors (Lipinski definition) is 2. The van der Waals surface area contributed by atoms with Gasteiger partial charge in [-0.05, 0) is 35.9 Å². The summed E-state index contributed by atoms with van der Waals surface area (Å²) in [5.41, 5.74) is -1.07. The Labute approximate surface area is 197 Å². The van der Waals surface area contributed by atoms with Gasteiger partial charge in [-0.2, -0.15) is 0 Å². The maximum Gasteiger partial charge on any atom is 0.292 e. The van der Waals surface area contributed by atoms with E-state index in [0.29, 0.717) is 17.1 Å². The van der Waals surface area contributed by atoms with Crippen molar-refractivity contribution in [1.29, 1.82) is 0 Å². The zero-order valence-electron chi connectivity index (χ0n) is 17.8. The molecule has 0 spiro atoms. The van der Waals surface area contributed by atoms with Gasteiger partial charge >= 0.3 is 0 Å². The highest BCUT2D eigenvalue weighted by Gasteiger charge is 2.25. The Morgan fingerprint density at radius 3 is 1.83 bits per heavy atom. The number of para-hydroxylation sites is 4. The van der Waals surface area contributed by atoms with Gasteiger partial charge in [-0.15, -0.1) is 0 Å². The highest BCUT2D eigenvalue weighted by atomic mass is 16.7. The molecule has 176 valence electrons. The Bertz CT molecular complexity index is 1310. The molecule has 12 nitrogen and oxygen atoms in total.